The van der Waals surface area contributed by atoms with E-state index in [2.05, 4.69) is 4.98 Å². The third-order valence-electron chi connectivity index (χ3n) is 3.05. The van der Waals surface area contributed by atoms with Crippen molar-refractivity contribution >= 4 is 0 Å². The molecule has 1 aromatic heterocycles. The van der Waals surface area contributed by atoms with Gasteiger partial charge in [0.2, 0.25) is 0 Å². The molecule has 4 nitrogen and oxygen atoms in total. The molecule has 1 N–H and O–H groups in total. The monoisotopic (exact) mass is 208 g/mol. The van der Waals surface area contributed by atoms with Crippen LogP contribution in [0.15, 0.2) is 15.7 Å². The van der Waals surface area contributed by atoms with E-state index >= 15 is 0 Å². The van der Waals surface area contributed by atoms with Gasteiger partial charge in [0.05, 0.1) is 0 Å². The molecule has 0 unspecified atom stereocenters. The highest BCUT2D eigenvalue weighted by Gasteiger charge is 2.21. The molecule has 0 amide bonds. The Morgan fingerprint density at radius 3 is 2.47 bits per heavy atom. The number of aromatic nitrogens is 2. The van der Waals surface area contributed by atoms with E-state index in [1.54, 1.807) is 6.07 Å². The van der Waals surface area contributed by atoms with Gasteiger partial charge in [0.1, 0.15) is 0 Å². The molecular weight excluding hydrogens is 192 g/mol. The minimum absolute atomic E-state index is 0.0864. The Balaban J connectivity index is 2.47. The van der Waals surface area contributed by atoms with Crippen LogP contribution in [0.5, 0.6) is 0 Å². The summed E-state index contributed by atoms with van der Waals surface area (Å²) in [5, 5.41) is 0. The summed E-state index contributed by atoms with van der Waals surface area (Å²) in [6.07, 6.45) is 3.36. The van der Waals surface area contributed by atoms with Gasteiger partial charge in [0.15, 0.2) is 0 Å². The lowest BCUT2D eigenvalue weighted by Gasteiger charge is -2.25. The van der Waals surface area contributed by atoms with Crippen LogP contribution in [0.25, 0.3) is 0 Å². The number of nitrogens with one attached hydrogen (secondary N) is 1. The van der Waals surface area contributed by atoms with E-state index in [1.807, 2.05) is 13.8 Å². The zero-order valence-electron chi connectivity index (χ0n) is 9.12. The third-order valence-corrected chi connectivity index (χ3v) is 3.05. The van der Waals surface area contributed by atoms with Crippen molar-refractivity contribution in [1.29, 1.82) is 0 Å². The molecule has 1 aliphatic carbocycles. The van der Waals surface area contributed by atoms with Gasteiger partial charge in [-0.25, -0.2) is 4.79 Å². The van der Waals surface area contributed by atoms with Crippen molar-refractivity contribution in [2.45, 2.75) is 45.1 Å². The number of nitrogens with zero attached hydrogens (tertiary/aromatic N) is 1. The Labute approximate surface area is 88.0 Å². The standard InChI is InChI=1S/C11H16N2O2/c1-7(2)13-10(14)6-9(12-11(13)15)8-4-3-5-8/h6-8H,3-5H2,1-2H3,(H,12,15). The van der Waals surface area contributed by atoms with Crippen LogP contribution in [-0.2, 0) is 0 Å². The van der Waals surface area contributed by atoms with E-state index in [0.717, 1.165) is 18.5 Å². The van der Waals surface area contributed by atoms with Gasteiger partial charge >= 0.3 is 5.69 Å². The van der Waals surface area contributed by atoms with Crippen molar-refractivity contribution in [2.75, 3.05) is 0 Å². The Morgan fingerprint density at radius 2 is 2.07 bits per heavy atom. The molecule has 0 aliphatic heterocycles. The smallest absolute Gasteiger partial charge is 0.311 e. The molecule has 1 heterocycles. The Hall–Kier alpha value is -1.32. The topological polar surface area (TPSA) is 54.9 Å². The molecule has 1 fully saturated rings. The van der Waals surface area contributed by atoms with Crippen LogP contribution in [-0.4, -0.2) is 9.55 Å². The normalized spacial score (nSPS) is 16.7. The van der Waals surface area contributed by atoms with Gasteiger partial charge in [-0.15, -0.1) is 0 Å². The van der Waals surface area contributed by atoms with Crippen molar-refractivity contribution in [3.8, 4) is 0 Å². The first-order valence-electron chi connectivity index (χ1n) is 5.45. The minimum atomic E-state index is -0.278. The lowest BCUT2D eigenvalue weighted by molar-refractivity contribution is 0.405. The largest absolute Gasteiger partial charge is 0.328 e. The summed E-state index contributed by atoms with van der Waals surface area (Å²) in [4.78, 5) is 26.2. The average molecular weight is 208 g/mol. The van der Waals surface area contributed by atoms with Gasteiger partial charge in [-0.05, 0) is 32.6 Å². The van der Waals surface area contributed by atoms with Crippen molar-refractivity contribution in [1.82, 2.24) is 9.55 Å². The maximum atomic E-state index is 11.7. The van der Waals surface area contributed by atoms with Gasteiger partial charge in [-0.3, -0.25) is 9.36 Å². The number of rotatable bonds is 2. The van der Waals surface area contributed by atoms with Gasteiger partial charge < -0.3 is 4.98 Å². The molecule has 4 heteroatoms. The number of hydrogen-bond acceptors (Lipinski definition) is 2. The first-order valence-corrected chi connectivity index (χ1v) is 5.45. The molecule has 0 aromatic carbocycles. The first-order chi connectivity index (χ1) is 7.09. The second kappa shape index (κ2) is 3.68. The fourth-order valence-corrected chi connectivity index (χ4v) is 1.95. The zero-order valence-corrected chi connectivity index (χ0v) is 9.12. The molecule has 0 bridgehead atoms. The quantitative estimate of drug-likeness (QED) is 0.798. The number of H-pyrrole nitrogens is 1. The van der Waals surface area contributed by atoms with Crippen LogP contribution in [0.3, 0.4) is 0 Å². The molecule has 1 aromatic rings. The molecule has 82 valence electrons. The molecule has 0 saturated heterocycles. The lowest BCUT2D eigenvalue weighted by atomic mass is 9.83. The molecule has 0 radical (unpaired) electrons. The maximum Gasteiger partial charge on any atom is 0.328 e. The van der Waals surface area contributed by atoms with Crippen LogP contribution in [0.1, 0.15) is 50.8 Å². The summed E-state index contributed by atoms with van der Waals surface area (Å²) in [7, 11) is 0. The predicted octanol–water partition coefficient (Wildman–Crippen LogP) is 1.39. The van der Waals surface area contributed by atoms with Crippen LogP contribution in [0, 0.1) is 0 Å². The van der Waals surface area contributed by atoms with Crippen molar-refractivity contribution in [2.24, 2.45) is 0 Å². The molecule has 0 spiro atoms. The molecule has 15 heavy (non-hydrogen) atoms. The van der Waals surface area contributed by atoms with Crippen LogP contribution in [0.4, 0.5) is 0 Å². The van der Waals surface area contributed by atoms with E-state index in [0.29, 0.717) is 5.92 Å². The van der Waals surface area contributed by atoms with Gasteiger partial charge in [-0.1, -0.05) is 6.42 Å². The van der Waals surface area contributed by atoms with Crippen LogP contribution < -0.4 is 11.2 Å². The van der Waals surface area contributed by atoms with E-state index in [1.165, 1.54) is 11.0 Å². The Morgan fingerprint density at radius 1 is 1.40 bits per heavy atom. The summed E-state index contributed by atoms with van der Waals surface area (Å²) in [5.74, 6) is 0.396. The number of aromatic amines is 1. The van der Waals surface area contributed by atoms with E-state index in [9.17, 15) is 9.59 Å². The zero-order chi connectivity index (χ0) is 11.0. The summed E-state index contributed by atoms with van der Waals surface area (Å²) >= 11 is 0. The second-order valence-corrected chi connectivity index (χ2v) is 4.46. The van der Waals surface area contributed by atoms with Crippen molar-refractivity contribution in [3.63, 3.8) is 0 Å². The van der Waals surface area contributed by atoms with Crippen molar-refractivity contribution < 1.29 is 0 Å². The van der Waals surface area contributed by atoms with E-state index < -0.39 is 0 Å². The summed E-state index contributed by atoms with van der Waals surface area (Å²) < 4.78 is 1.25. The molecular formula is C11H16N2O2. The summed E-state index contributed by atoms with van der Waals surface area (Å²) in [6, 6.07) is 1.49. The lowest BCUT2D eigenvalue weighted by Crippen LogP contribution is -2.37. The van der Waals surface area contributed by atoms with E-state index in [-0.39, 0.29) is 17.3 Å². The minimum Gasteiger partial charge on any atom is -0.311 e. The highest BCUT2D eigenvalue weighted by molar-refractivity contribution is 5.09. The van der Waals surface area contributed by atoms with Gasteiger partial charge in [-0.2, -0.15) is 0 Å². The molecule has 0 atom stereocenters. The second-order valence-electron chi connectivity index (χ2n) is 4.46. The van der Waals surface area contributed by atoms with E-state index in [4.69, 9.17) is 0 Å². The maximum absolute atomic E-state index is 11.7. The van der Waals surface area contributed by atoms with Gasteiger partial charge in [0, 0.05) is 17.8 Å². The SMILES string of the molecule is CC(C)n1c(=O)cc(C2CCC2)[nH]c1=O. The summed E-state index contributed by atoms with van der Waals surface area (Å²) in [5.41, 5.74) is 0.350. The number of hydrogen-bond donors (Lipinski definition) is 1. The highest BCUT2D eigenvalue weighted by Crippen LogP contribution is 2.34. The third kappa shape index (κ3) is 1.76. The Bertz CT molecular complexity index is 435. The fraction of sp³-hybridized carbons (Fsp3) is 0.636. The van der Waals surface area contributed by atoms with Crippen LogP contribution in [0.2, 0.25) is 0 Å². The highest BCUT2D eigenvalue weighted by atomic mass is 16.2. The predicted molar refractivity (Wildman–Crippen MR) is 58.3 cm³/mol. The molecule has 1 aliphatic rings. The average Bonchev–Trinajstić information content (AvgIpc) is 1.97. The van der Waals surface area contributed by atoms with Crippen molar-refractivity contribution in [3.05, 3.63) is 32.6 Å². The van der Waals surface area contributed by atoms with Gasteiger partial charge in [0.25, 0.3) is 5.56 Å². The fourth-order valence-electron chi connectivity index (χ4n) is 1.95. The molecule has 2 rings (SSSR count). The first kappa shape index (κ1) is 10.2. The summed E-state index contributed by atoms with van der Waals surface area (Å²) in [6.45, 7) is 3.67. The molecule has 1 saturated carbocycles. The van der Waals surface area contributed by atoms with Crippen LogP contribution >= 0.6 is 0 Å². The Kier molecular flexibility index (Phi) is 2.50.